The molecule has 7 nitrogen and oxygen atoms in total. The van der Waals surface area contributed by atoms with Gasteiger partial charge in [-0.25, -0.2) is 0 Å². The second-order valence-electron chi connectivity index (χ2n) is 8.51. The molecular weight excluding hydrogens is 428 g/mol. The van der Waals surface area contributed by atoms with Gasteiger partial charge in [-0.15, -0.1) is 0 Å². The van der Waals surface area contributed by atoms with E-state index in [1.807, 2.05) is 24.3 Å². The highest BCUT2D eigenvalue weighted by Gasteiger charge is 2.27. The number of hydrogen-bond donors (Lipinski definition) is 1. The number of methoxy groups -OCH3 is 2. The summed E-state index contributed by atoms with van der Waals surface area (Å²) in [5.74, 6) is 1.31. The summed E-state index contributed by atoms with van der Waals surface area (Å²) >= 11 is 0. The SMILES string of the molecule is CCc1ccc2ncc(C#N)c(N3CCC(C(=O)NCc4ccc(OC)c(OC)c4)CC3)c2c1. The number of nitriles is 1. The number of hydrogen-bond acceptors (Lipinski definition) is 6. The van der Waals surface area contributed by atoms with Crippen LogP contribution in [0, 0.1) is 17.2 Å². The fourth-order valence-corrected chi connectivity index (χ4v) is 4.56. The molecule has 176 valence electrons. The van der Waals surface area contributed by atoms with Crippen LogP contribution in [0.2, 0.25) is 0 Å². The Labute approximate surface area is 200 Å². The number of carbonyl (C=O) groups is 1. The summed E-state index contributed by atoms with van der Waals surface area (Å²) in [6.45, 7) is 4.00. The third-order valence-corrected chi connectivity index (χ3v) is 6.53. The first-order chi connectivity index (χ1) is 16.6. The van der Waals surface area contributed by atoms with Gasteiger partial charge in [-0.1, -0.05) is 19.1 Å². The van der Waals surface area contributed by atoms with E-state index >= 15 is 0 Å². The second-order valence-corrected chi connectivity index (χ2v) is 8.51. The summed E-state index contributed by atoms with van der Waals surface area (Å²) in [7, 11) is 3.20. The Kier molecular flexibility index (Phi) is 7.17. The molecule has 3 aromatic rings. The van der Waals surface area contributed by atoms with Gasteiger partial charge in [-0.05, 0) is 54.7 Å². The number of carbonyl (C=O) groups excluding carboxylic acids is 1. The molecule has 1 aromatic heterocycles. The number of rotatable bonds is 7. The minimum atomic E-state index is -0.0544. The summed E-state index contributed by atoms with van der Waals surface area (Å²) in [6.07, 6.45) is 4.06. The molecule has 1 fully saturated rings. The van der Waals surface area contributed by atoms with Crippen LogP contribution in [0.3, 0.4) is 0 Å². The van der Waals surface area contributed by atoms with Gasteiger partial charge < -0.3 is 19.7 Å². The molecule has 0 unspecified atom stereocenters. The molecule has 0 spiro atoms. The number of amides is 1. The molecule has 1 amide bonds. The van der Waals surface area contributed by atoms with Crippen LogP contribution in [0.1, 0.15) is 36.5 Å². The maximum atomic E-state index is 12.9. The Morgan fingerprint density at radius 3 is 2.53 bits per heavy atom. The predicted octanol–water partition coefficient (Wildman–Crippen LogP) is 4.22. The number of aryl methyl sites for hydroxylation is 1. The van der Waals surface area contributed by atoms with Gasteiger partial charge in [0.2, 0.25) is 5.91 Å². The van der Waals surface area contributed by atoms with Gasteiger partial charge >= 0.3 is 0 Å². The van der Waals surface area contributed by atoms with Crippen molar-refractivity contribution >= 4 is 22.5 Å². The van der Waals surface area contributed by atoms with Gasteiger partial charge in [0.1, 0.15) is 6.07 Å². The lowest BCUT2D eigenvalue weighted by molar-refractivity contribution is -0.125. The number of benzene rings is 2. The van der Waals surface area contributed by atoms with Crippen LogP contribution in [0.25, 0.3) is 10.9 Å². The van der Waals surface area contributed by atoms with Crippen molar-refractivity contribution in [1.29, 1.82) is 5.26 Å². The first-order valence-corrected chi connectivity index (χ1v) is 11.6. The number of fused-ring (bicyclic) bond motifs is 1. The van der Waals surface area contributed by atoms with E-state index in [0.717, 1.165) is 54.5 Å². The van der Waals surface area contributed by atoms with Crippen LogP contribution in [0.4, 0.5) is 5.69 Å². The molecule has 2 heterocycles. The van der Waals surface area contributed by atoms with Crippen molar-refractivity contribution in [2.45, 2.75) is 32.7 Å². The number of pyridine rings is 1. The lowest BCUT2D eigenvalue weighted by atomic mass is 9.94. The molecule has 0 aliphatic carbocycles. The first-order valence-electron chi connectivity index (χ1n) is 11.6. The third-order valence-electron chi connectivity index (χ3n) is 6.53. The number of piperidine rings is 1. The minimum absolute atomic E-state index is 0.0544. The monoisotopic (exact) mass is 458 g/mol. The van der Waals surface area contributed by atoms with Gasteiger partial charge in [0.15, 0.2) is 11.5 Å². The van der Waals surface area contributed by atoms with E-state index in [1.54, 1.807) is 20.4 Å². The Morgan fingerprint density at radius 2 is 1.85 bits per heavy atom. The molecule has 1 saturated heterocycles. The van der Waals surface area contributed by atoms with Gasteiger partial charge in [0.05, 0.1) is 31.0 Å². The summed E-state index contributed by atoms with van der Waals surface area (Å²) < 4.78 is 10.6. The van der Waals surface area contributed by atoms with Crippen molar-refractivity contribution in [2.75, 3.05) is 32.2 Å². The highest BCUT2D eigenvalue weighted by atomic mass is 16.5. The van der Waals surface area contributed by atoms with Gasteiger partial charge in [-0.3, -0.25) is 9.78 Å². The number of aromatic nitrogens is 1. The molecule has 34 heavy (non-hydrogen) atoms. The average Bonchev–Trinajstić information content (AvgIpc) is 2.90. The third kappa shape index (κ3) is 4.76. The Hall–Kier alpha value is -3.79. The predicted molar refractivity (Wildman–Crippen MR) is 132 cm³/mol. The second kappa shape index (κ2) is 10.4. The van der Waals surface area contributed by atoms with E-state index < -0.39 is 0 Å². The molecule has 2 aromatic carbocycles. The van der Waals surface area contributed by atoms with Crippen LogP contribution in [-0.2, 0) is 17.8 Å². The van der Waals surface area contributed by atoms with Crippen LogP contribution in [0.5, 0.6) is 11.5 Å². The highest BCUT2D eigenvalue weighted by molar-refractivity contribution is 5.95. The standard InChI is InChI=1S/C27H30N4O3/c1-4-18-5-7-23-22(13-18)26(21(15-28)17-29-23)31-11-9-20(10-12-31)27(32)30-16-19-6-8-24(33-2)25(14-19)34-3/h5-8,13-14,17,20H,4,9-12,16H2,1-3H3,(H,30,32). The Morgan fingerprint density at radius 1 is 1.12 bits per heavy atom. The quantitative estimate of drug-likeness (QED) is 0.570. The lowest BCUT2D eigenvalue weighted by Gasteiger charge is -2.34. The molecule has 0 saturated carbocycles. The molecular formula is C27H30N4O3. The smallest absolute Gasteiger partial charge is 0.223 e. The Bertz CT molecular complexity index is 1230. The van der Waals surface area contributed by atoms with E-state index in [0.29, 0.717) is 23.6 Å². The average molecular weight is 459 g/mol. The minimum Gasteiger partial charge on any atom is -0.493 e. The van der Waals surface area contributed by atoms with E-state index in [-0.39, 0.29) is 11.8 Å². The zero-order chi connectivity index (χ0) is 24.1. The summed E-state index contributed by atoms with van der Waals surface area (Å²) in [4.78, 5) is 19.6. The number of nitrogens with zero attached hydrogens (tertiary/aromatic N) is 3. The van der Waals surface area contributed by atoms with E-state index in [4.69, 9.17) is 9.47 Å². The number of nitrogens with one attached hydrogen (secondary N) is 1. The maximum absolute atomic E-state index is 12.9. The molecule has 0 atom stereocenters. The highest BCUT2D eigenvalue weighted by Crippen LogP contribution is 2.33. The van der Waals surface area contributed by atoms with Crippen LogP contribution >= 0.6 is 0 Å². The first kappa shape index (κ1) is 23.4. The van der Waals surface area contributed by atoms with Crippen molar-refractivity contribution in [2.24, 2.45) is 5.92 Å². The molecule has 0 radical (unpaired) electrons. The fraction of sp³-hybridized carbons (Fsp3) is 0.370. The van der Waals surface area contributed by atoms with Crippen molar-refractivity contribution in [3.05, 3.63) is 59.3 Å². The van der Waals surface area contributed by atoms with Gasteiger partial charge in [0, 0.05) is 37.1 Å². The van der Waals surface area contributed by atoms with Gasteiger partial charge in [0.25, 0.3) is 0 Å². The topological polar surface area (TPSA) is 87.5 Å². The summed E-state index contributed by atoms with van der Waals surface area (Å²) in [5.41, 5.74) is 4.58. The lowest BCUT2D eigenvalue weighted by Crippen LogP contribution is -2.40. The van der Waals surface area contributed by atoms with Crippen molar-refractivity contribution in [3.63, 3.8) is 0 Å². The molecule has 4 rings (SSSR count). The molecule has 1 N–H and O–H groups in total. The Balaban J connectivity index is 1.43. The largest absolute Gasteiger partial charge is 0.493 e. The number of anilines is 1. The van der Waals surface area contributed by atoms with E-state index in [2.05, 4.69) is 40.3 Å². The van der Waals surface area contributed by atoms with Crippen LogP contribution < -0.4 is 19.7 Å². The molecule has 1 aliphatic rings. The molecule has 1 aliphatic heterocycles. The summed E-state index contributed by atoms with van der Waals surface area (Å²) in [5, 5.41) is 13.8. The number of ether oxygens (including phenoxy) is 2. The maximum Gasteiger partial charge on any atom is 0.223 e. The van der Waals surface area contributed by atoms with Crippen molar-refractivity contribution in [3.8, 4) is 17.6 Å². The van der Waals surface area contributed by atoms with E-state index in [1.165, 1.54) is 5.56 Å². The van der Waals surface area contributed by atoms with Gasteiger partial charge in [-0.2, -0.15) is 5.26 Å². The summed E-state index contributed by atoms with van der Waals surface area (Å²) in [6, 6.07) is 14.2. The molecule has 0 bridgehead atoms. The van der Waals surface area contributed by atoms with Crippen molar-refractivity contribution in [1.82, 2.24) is 10.3 Å². The fourth-order valence-electron chi connectivity index (χ4n) is 4.56. The van der Waals surface area contributed by atoms with Crippen molar-refractivity contribution < 1.29 is 14.3 Å². The van der Waals surface area contributed by atoms with Crippen LogP contribution in [-0.4, -0.2) is 38.2 Å². The zero-order valence-electron chi connectivity index (χ0n) is 19.9. The normalized spacial score (nSPS) is 14.0. The molecule has 7 heteroatoms. The van der Waals surface area contributed by atoms with Crippen LogP contribution in [0.15, 0.2) is 42.6 Å². The van der Waals surface area contributed by atoms with E-state index in [9.17, 15) is 10.1 Å². The zero-order valence-corrected chi connectivity index (χ0v) is 19.9.